The summed E-state index contributed by atoms with van der Waals surface area (Å²) in [5.41, 5.74) is 8.34. The van der Waals surface area contributed by atoms with Crippen LogP contribution in [0, 0.1) is 5.92 Å². The smallest absolute Gasteiger partial charge is 0.399 e. The number of benzene rings is 1. The number of nitrogens with two attached hydrogens (primary N) is 1. The van der Waals surface area contributed by atoms with Gasteiger partial charge in [0.1, 0.15) is 6.54 Å². The maximum Gasteiger partial charge on any atom is 0.494 e. The maximum absolute atomic E-state index is 6.26. The first kappa shape index (κ1) is 18.5. The molecule has 1 aliphatic carbocycles. The first-order valence-electron chi connectivity index (χ1n) is 9.60. The minimum absolute atomic E-state index is 0.335. The summed E-state index contributed by atoms with van der Waals surface area (Å²) in [4.78, 5) is 3.46. The summed E-state index contributed by atoms with van der Waals surface area (Å²) in [7, 11) is -0.364. The van der Waals surface area contributed by atoms with Crippen LogP contribution < -0.4 is 16.2 Å². The summed E-state index contributed by atoms with van der Waals surface area (Å²) in [5.74, 6) is 0.801. The molecule has 0 bridgehead atoms. The van der Waals surface area contributed by atoms with E-state index in [2.05, 4.69) is 32.7 Å². The van der Waals surface area contributed by atoms with E-state index in [4.69, 9.17) is 15.0 Å². The average molecular weight is 343 g/mol. The summed E-state index contributed by atoms with van der Waals surface area (Å²) in [6.07, 6.45) is 8.87. The van der Waals surface area contributed by atoms with Crippen molar-refractivity contribution in [3.8, 4) is 0 Å². The van der Waals surface area contributed by atoms with Crippen molar-refractivity contribution in [2.24, 2.45) is 5.92 Å². The molecule has 0 unspecified atom stereocenters. The van der Waals surface area contributed by atoms with E-state index in [1.807, 2.05) is 24.4 Å². The van der Waals surface area contributed by atoms with Crippen molar-refractivity contribution in [1.29, 1.82) is 0 Å². The van der Waals surface area contributed by atoms with Crippen LogP contribution in [0.1, 0.15) is 65.4 Å². The van der Waals surface area contributed by atoms with Crippen LogP contribution >= 0.6 is 0 Å². The summed E-state index contributed by atoms with van der Waals surface area (Å²) < 4.78 is 12.2. The van der Waals surface area contributed by atoms with Gasteiger partial charge in [-0.25, -0.2) is 4.99 Å². The Morgan fingerprint density at radius 1 is 1.12 bits per heavy atom. The Hall–Kier alpha value is -1.33. The molecule has 1 aromatic rings. The van der Waals surface area contributed by atoms with Gasteiger partial charge in [0.15, 0.2) is 6.21 Å². The van der Waals surface area contributed by atoms with Gasteiger partial charge in [-0.15, -0.1) is 0 Å². The third-order valence-electron chi connectivity index (χ3n) is 6.03. The Morgan fingerprint density at radius 2 is 1.76 bits per heavy atom. The normalized spacial score (nSPS) is 23.4. The lowest BCUT2D eigenvalue weighted by atomic mass is 9.78. The minimum Gasteiger partial charge on any atom is -0.399 e. The van der Waals surface area contributed by atoms with E-state index in [1.165, 1.54) is 32.1 Å². The van der Waals surface area contributed by atoms with Gasteiger partial charge in [-0.05, 0) is 58.1 Å². The van der Waals surface area contributed by atoms with Gasteiger partial charge < -0.3 is 15.0 Å². The molecule has 0 amide bonds. The lowest BCUT2D eigenvalue weighted by Crippen LogP contribution is -2.71. The highest BCUT2D eigenvalue weighted by molar-refractivity contribution is 6.62. The second-order valence-corrected chi connectivity index (χ2v) is 8.53. The van der Waals surface area contributed by atoms with Gasteiger partial charge in [-0.2, -0.15) is 0 Å². The molecular formula is C20H32BN2O2+. The quantitative estimate of drug-likeness (QED) is 0.497. The summed E-state index contributed by atoms with van der Waals surface area (Å²) in [5, 5.41) is 0. The Labute approximate surface area is 152 Å². The fourth-order valence-electron chi connectivity index (χ4n) is 3.58. The molecule has 2 aliphatic rings. The monoisotopic (exact) mass is 343 g/mol. The SMILES string of the molecule is CC1(C)OB(c2ccc(C=[NH+]CC3CCCCC3)c(N)c2)OC1(C)C. The molecule has 0 aromatic heterocycles. The van der Waals surface area contributed by atoms with Crippen molar-refractivity contribution in [2.45, 2.75) is 71.0 Å². The Balaban J connectivity index is 1.65. The number of nitrogens with one attached hydrogen (secondary N) is 1. The molecule has 1 saturated carbocycles. The number of anilines is 1. The molecule has 1 aliphatic heterocycles. The Bertz CT molecular complexity index is 621. The highest BCUT2D eigenvalue weighted by Gasteiger charge is 2.51. The topological polar surface area (TPSA) is 58.5 Å². The highest BCUT2D eigenvalue weighted by Crippen LogP contribution is 2.36. The molecule has 1 heterocycles. The van der Waals surface area contributed by atoms with Gasteiger partial charge in [0.2, 0.25) is 0 Å². The van der Waals surface area contributed by atoms with Crippen LogP contribution in [0.15, 0.2) is 18.2 Å². The van der Waals surface area contributed by atoms with Crippen LogP contribution in [0.5, 0.6) is 0 Å². The zero-order valence-electron chi connectivity index (χ0n) is 16.1. The lowest BCUT2D eigenvalue weighted by molar-refractivity contribution is -0.461. The van der Waals surface area contributed by atoms with E-state index in [-0.39, 0.29) is 18.3 Å². The maximum atomic E-state index is 6.26. The van der Waals surface area contributed by atoms with E-state index in [0.29, 0.717) is 0 Å². The predicted molar refractivity (Wildman–Crippen MR) is 104 cm³/mol. The molecule has 3 rings (SSSR count). The fraction of sp³-hybridized carbons (Fsp3) is 0.650. The summed E-state index contributed by atoms with van der Waals surface area (Å²) in [6.45, 7) is 9.29. The van der Waals surface area contributed by atoms with E-state index >= 15 is 0 Å². The zero-order chi connectivity index (χ0) is 18.1. The average Bonchev–Trinajstić information content (AvgIpc) is 2.78. The van der Waals surface area contributed by atoms with Crippen molar-refractivity contribution in [3.05, 3.63) is 23.8 Å². The van der Waals surface area contributed by atoms with Gasteiger partial charge in [-0.3, -0.25) is 0 Å². The largest absolute Gasteiger partial charge is 0.494 e. The Kier molecular flexibility index (Phi) is 5.26. The van der Waals surface area contributed by atoms with Crippen molar-refractivity contribution in [2.75, 3.05) is 12.3 Å². The van der Waals surface area contributed by atoms with E-state index in [0.717, 1.165) is 29.2 Å². The van der Waals surface area contributed by atoms with Gasteiger partial charge in [0, 0.05) is 11.6 Å². The second-order valence-electron chi connectivity index (χ2n) is 8.53. The molecule has 5 heteroatoms. The molecular weight excluding hydrogens is 311 g/mol. The number of nitrogen functional groups attached to an aromatic ring is 1. The van der Waals surface area contributed by atoms with Gasteiger partial charge in [0.05, 0.1) is 16.8 Å². The third kappa shape index (κ3) is 4.09. The predicted octanol–water partition coefficient (Wildman–Crippen LogP) is 1.65. The minimum atomic E-state index is -0.364. The van der Waals surface area contributed by atoms with Crippen molar-refractivity contribution < 1.29 is 14.3 Å². The molecule has 136 valence electrons. The Morgan fingerprint density at radius 3 is 2.36 bits per heavy atom. The van der Waals surface area contributed by atoms with Gasteiger partial charge in [0.25, 0.3) is 0 Å². The molecule has 2 fully saturated rings. The van der Waals surface area contributed by atoms with Gasteiger partial charge >= 0.3 is 7.12 Å². The molecule has 0 radical (unpaired) electrons. The van der Waals surface area contributed by atoms with E-state index in [9.17, 15) is 0 Å². The molecule has 4 nitrogen and oxygen atoms in total. The first-order chi connectivity index (χ1) is 11.8. The van der Waals surface area contributed by atoms with Crippen LogP contribution in [-0.2, 0) is 9.31 Å². The van der Waals surface area contributed by atoms with Crippen LogP contribution in [0.4, 0.5) is 5.69 Å². The van der Waals surface area contributed by atoms with E-state index in [1.54, 1.807) is 0 Å². The van der Waals surface area contributed by atoms with Crippen LogP contribution in [0.3, 0.4) is 0 Å². The second kappa shape index (κ2) is 7.12. The molecule has 0 atom stereocenters. The molecule has 0 spiro atoms. The standard InChI is InChI=1S/C20H31BN2O2/c1-19(2)20(3,4)25-21(24-19)17-11-10-16(18(22)12-17)14-23-13-15-8-6-5-7-9-15/h10-12,14-15H,5-9,13,22H2,1-4H3/p+1. The molecule has 1 saturated heterocycles. The zero-order valence-corrected chi connectivity index (χ0v) is 16.1. The number of hydrogen-bond acceptors (Lipinski definition) is 3. The highest BCUT2D eigenvalue weighted by atomic mass is 16.7. The van der Waals surface area contributed by atoms with Crippen molar-refractivity contribution in [1.82, 2.24) is 0 Å². The number of rotatable bonds is 4. The van der Waals surface area contributed by atoms with Crippen molar-refractivity contribution in [3.63, 3.8) is 0 Å². The van der Waals surface area contributed by atoms with Crippen molar-refractivity contribution >= 4 is 24.5 Å². The summed E-state index contributed by atoms with van der Waals surface area (Å²) >= 11 is 0. The summed E-state index contributed by atoms with van der Waals surface area (Å²) in [6, 6.07) is 6.06. The lowest BCUT2D eigenvalue weighted by Gasteiger charge is -2.32. The molecule has 3 N–H and O–H groups in total. The van der Waals surface area contributed by atoms with Crippen LogP contribution in [-0.4, -0.2) is 31.1 Å². The number of hydrogen-bond donors (Lipinski definition) is 2. The molecule has 1 aromatic carbocycles. The third-order valence-corrected chi connectivity index (χ3v) is 6.03. The van der Waals surface area contributed by atoms with Crippen LogP contribution in [0.25, 0.3) is 0 Å². The van der Waals surface area contributed by atoms with Crippen LogP contribution in [0.2, 0.25) is 0 Å². The molecule has 25 heavy (non-hydrogen) atoms. The van der Waals surface area contributed by atoms with E-state index < -0.39 is 0 Å². The fourth-order valence-corrected chi connectivity index (χ4v) is 3.58. The van der Waals surface area contributed by atoms with Gasteiger partial charge in [-0.1, -0.05) is 25.3 Å². The first-order valence-corrected chi connectivity index (χ1v) is 9.60.